The summed E-state index contributed by atoms with van der Waals surface area (Å²) in [4.78, 5) is 28.2. The van der Waals surface area contributed by atoms with E-state index < -0.39 is 0 Å². The van der Waals surface area contributed by atoms with Crippen LogP contribution in [0.3, 0.4) is 0 Å². The molecule has 1 aromatic carbocycles. The number of para-hydroxylation sites is 2. The summed E-state index contributed by atoms with van der Waals surface area (Å²) < 4.78 is 1.47. The monoisotopic (exact) mass is 301 g/mol. The van der Waals surface area contributed by atoms with Gasteiger partial charge < -0.3 is 5.32 Å². The fourth-order valence-electron chi connectivity index (χ4n) is 2.51. The van der Waals surface area contributed by atoms with Gasteiger partial charge in [0.25, 0.3) is 5.56 Å². The van der Waals surface area contributed by atoms with Gasteiger partial charge >= 0.3 is 0 Å². The highest BCUT2D eigenvalue weighted by molar-refractivity contribution is 5.80. The third kappa shape index (κ3) is 4.16. The second-order valence-corrected chi connectivity index (χ2v) is 5.64. The van der Waals surface area contributed by atoms with Gasteiger partial charge in [0.2, 0.25) is 5.91 Å². The summed E-state index contributed by atoms with van der Waals surface area (Å²) in [7, 11) is 0. The lowest BCUT2D eigenvalue weighted by atomic mass is 10.1. The minimum absolute atomic E-state index is 0.0278. The van der Waals surface area contributed by atoms with Gasteiger partial charge in [0.1, 0.15) is 6.54 Å². The minimum Gasteiger partial charge on any atom is -0.352 e. The predicted molar refractivity (Wildman–Crippen MR) is 87.7 cm³/mol. The van der Waals surface area contributed by atoms with Crippen LogP contribution < -0.4 is 10.9 Å². The van der Waals surface area contributed by atoms with E-state index in [1.165, 1.54) is 23.6 Å². The molecule has 1 aromatic heterocycles. The highest BCUT2D eigenvalue weighted by atomic mass is 16.2. The summed E-state index contributed by atoms with van der Waals surface area (Å²) in [5, 5.41) is 2.96. The predicted octanol–water partition coefficient (Wildman–Crippen LogP) is 2.48. The average Bonchev–Trinajstić information content (AvgIpc) is 2.50. The summed E-state index contributed by atoms with van der Waals surface area (Å²) in [6, 6.07) is 7.46. The number of hydrogen-bond acceptors (Lipinski definition) is 3. The molecule has 0 saturated carbocycles. The van der Waals surface area contributed by atoms with Crippen LogP contribution >= 0.6 is 0 Å². The molecule has 118 valence electrons. The maximum absolute atomic E-state index is 12.2. The maximum atomic E-state index is 12.2. The molecule has 1 amide bonds. The van der Waals surface area contributed by atoms with Crippen molar-refractivity contribution in [3.05, 3.63) is 40.8 Å². The molecule has 0 aliphatic carbocycles. The fourth-order valence-corrected chi connectivity index (χ4v) is 2.51. The third-order valence-electron chi connectivity index (χ3n) is 3.70. The van der Waals surface area contributed by atoms with Gasteiger partial charge in [0.15, 0.2) is 0 Å². The molecule has 5 nitrogen and oxygen atoms in total. The molecular weight excluding hydrogens is 278 g/mol. The Morgan fingerprint density at radius 3 is 2.86 bits per heavy atom. The molecule has 0 spiro atoms. The zero-order valence-corrected chi connectivity index (χ0v) is 13.2. The molecule has 1 unspecified atom stereocenters. The molecule has 0 radical (unpaired) electrons. The smallest absolute Gasteiger partial charge is 0.269 e. The SMILES string of the molecule is CCCCCC(C)NC(=O)Cn1c(=O)cnc2ccccc21. The Bertz CT molecular complexity index is 694. The third-order valence-corrected chi connectivity index (χ3v) is 3.70. The largest absolute Gasteiger partial charge is 0.352 e. The van der Waals surface area contributed by atoms with Crippen molar-refractivity contribution >= 4 is 16.9 Å². The van der Waals surface area contributed by atoms with Crippen LogP contribution in [0.5, 0.6) is 0 Å². The van der Waals surface area contributed by atoms with E-state index in [1.54, 1.807) is 0 Å². The van der Waals surface area contributed by atoms with Crippen LogP contribution in [0.15, 0.2) is 35.3 Å². The van der Waals surface area contributed by atoms with Crippen LogP contribution in [-0.4, -0.2) is 21.5 Å². The van der Waals surface area contributed by atoms with Gasteiger partial charge in [-0.15, -0.1) is 0 Å². The van der Waals surface area contributed by atoms with Gasteiger partial charge in [0, 0.05) is 6.04 Å². The molecule has 22 heavy (non-hydrogen) atoms. The lowest BCUT2D eigenvalue weighted by molar-refractivity contribution is -0.122. The lowest BCUT2D eigenvalue weighted by Gasteiger charge is -2.15. The van der Waals surface area contributed by atoms with Crippen LogP contribution in [-0.2, 0) is 11.3 Å². The first-order valence-electron chi connectivity index (χ1n) is 7.85. The normalized spacial score (nSPS) is 12.3. The van der Waals surface area contributed by atoms with Crippen LogP contribution in [0.25, 0.3) is 11.0 Å². The first-order valence-corrected chi connectivity index (χ1v) is 7.85. The van der Waals surface area contributed by atoms with Gasteiger partial charge in [-0.1, -0.05) is 38.3 Å². The quantitative estimate of drug-likeness (QED) is 0.799. The number of carbonyl (C=O) groups is 1. The van der Waals surface area contributed by atoms with E-state index in [0.29, 0.717) is 11.0 Å². The second kappa shape index (κ2) is 7.73. The zero-order chi connectivity index (χ0) is 15.9. The molecule has 5 heteroatoms. The van der Waals surface area contributed by atoms with E-state index in [4.69, 9.17) is 0 Å². The van der Waals surface area contributed by atoms with Gasteiger partial charge in [-0.2, -0.15) is 0 Å². The molecule has 0 fully saturated rings. The van der Waals surface area contributed by atoms with E-state index in [9.17, 15) is 9.59 Å². The second-order valence-electron chi connectivity index (χ2n) is 5.64. The number of benzene rings is 1. The molecule has 0 saturated heterocycles. The topological polar surface area (TPSA) is 64.0 Å². The molecule has 1 atom stereocenters. The van der Waals surface area contributed by atoms with Gasteiger partial charge in [0.05, 0.1) is 17.2 Å². The number of fused-ring (bicyclic) bond motifs is 1. The Kier molecular flexibility index (Phi) is 5.69. The zero-order valence-electron chi connectivity index (χ0n) is 13.2. The lowest BCUT2D eigenvalue weighted by Crippen LogP contribution is -2.37. The van der Waals surface area contributed by atoms with E-state index in [1.807, 2.05) is 31.2 Å². The first kappa shape index (κ1) is 16.2. The van der Waals surface area contributed by atoms with Crippen LogP contribution in [0, 0.1) is 0 Å². The fraction of sp³-hybridized carbons (Fsp3) is 0.471. The van der Waals surface area contributed by atoms with E-state index in [-0.39, 0.29) is 24.1 Å². The van der Waals surface area contributed by atoms with Gasteiger partial charge in [-0.25, -0.2) is 4.98 Å². The van der Waals surface area contributed by atoms with E-state index in [0.717, 1.165) is 12.8 Å². The highest BCUT2D eigenvalue weighted by Gasteiger charge is 2.11. The summed E-state index contributed by atoms with van der Waals surface area (Å²) in [5.41, 5.74) is 1.14. The highest BCUT2D eigenvalue weighted by Crippen LogP contribution is 2.08. The standard InChI is InChI=1S/C17H23N3O2/c1-3-4-5-8-13(2)19-16(21)12-20-15-10-7-6-9-14(15)18-11-17(20)22/h6-7,9-11,13H,3-5,8,12H2,1-2H3,(H,19,21). The first-order chi connectivity index (χ1) is 10.6. The number of rotatable bonds is 7. The Morgan fingerprint density at radius 1 is 1.32 bits per heavy atom. The minimum atomic E-state index is -0.257. The summed E-state index contributed by atoms with van der Waals surface area (Å²) in [5.74, 6) is -0.137. The Labute approximate surface area is 130 Å². The van der Waals surface area contributed by atoms with E-state index in [2.05, 4.69) is 17.2 Å². The van der Waals surface area contributed by atoms with Crippen molar-refractivity contribution in [3.63, 3.8) is 0 Å². The molecule has 1 heterocycles. The van der Waals surface area contributed by atoms with Crippen molar-refractivity contribution in [1.29, 1.82) is 0 Å². The van der Waals surface area contributed by atoms with Crippen LogP contribution in [0.4, 0.5) is 0 Å². The number of carbonyl (C=O) groups excluding carboxylic acids is 1. The molecule has 0 aliphatic rings. The molecular formula is C17H23N3O2. The summed E-state index contributed by atoms with van der Waals surface area (Å²) in [6.07, 6.45) is 5.68. The van der Waals surface area contributed by atoms with Crippen molar-refractivity contribution in [2.24, 2.45) is 0 Å². The molecule has 2 aromatic rings. The summed E-state index contributed by atoms with van der Waals surface area (Å²) in [6.45, 7) is 4.19. The van der Waals surface area contributed by atoms with Crippen molar-refractivity contribution < 1.29 is 4.79 Å². The Balaban J connectivity index is 2.06. The maximum Gasteiger partial charge on any atom is 0.269 e. The average molecular weight is 301 g/mol. The number of nitrogens with zero attached hydrogens (tertiary/aromatic N) is 2. The Hall–Kier alpha value is -2.17. The molecule has 0 bridgehead atoms. The summed E-state index contributed by atoms with van der Waals surface area (Å²) >= 11 is 0. The van der Waals surface area contributed by atoms with Crippen LogP contribution in [0.2, 0.25) is 0 Å². The Morgan fingerprint density at radius 2 is 2.09 bits per heavy atom. The van der Waals surface area contributed by atoms with Crippen LogP contribution in [0.1, 0.15) is 39.5 Å². The number of nitrogens with one attached hydrogen (secondary N) is 1. The van der Waals surface area contributed by atoms with Gasteiger partial charge in [-0.3, -0.25) is 14.2 Å². The molecule has 2 rings (SSSR count). The van der Waals surface area contributed by atoms with Crippen molar-refractivity contribution in [3.8, 4) is 0 Å². The van der Waals surface area contributed by atoms with E-state index >= 15 is 0 Å². The van der Waals surface area contributed by atoms with Crippen molar-refractivity contribution in [2.75, 3.05) is 0 Å². The van der Waals surface area contributed by atoms with Crippen molar-refractivity contribution in [1.82, 2.24) is 14.9 Å². The molecule has 1 N–H and O–H groups in total. The van der Waals surface area contributed by atoms with Crippen molar-refractivity contribution in [2.45, 2.75) is 52.1 Å². The number of amides is 1. The number of hydrogen-bond donors (Lipinski definition) is 1. The number of aromatic nitrogens is 2. The molecule has 0 aliphatic heterocycles. The number of unbranched alkanes of at least 4 members (excludes halogenated alkanes) is 2. The van der Waals surface area contributed by atoms with Gasteiger partial charge in [-0.05, 0) is 25.5 Å².